The van der Waals surface area contributed by atoms with Gasteiger partial charge in [-0.1, -0.05) is 11.6 Å². The first-order chi connectivity index (χ1) is 13.6. The van der Waals surface area contributed by atoms with Gasteiger partial charge < -0.3 is 18.9 Å². The van der Waals surface area contributed by atoms with Crippen molar-refractivity contribution in [2.75, 3.05) is 26.8 Å². The van der Waals surface area contributed by atoms with Gasteiger partial charge in [0.25, 0.3) is 5.91 Å². The number of rotatable bonds is 3. The largest absolute Gasteiger partial charge is 0.488 e. The first kappa shape index (κ1) is 18.6. The maximum atomic E-state index is 12.9. The van der Waals surface area contributed by atoms with Crippen LogP contribution in [0.5, 0.6) is 5.75 Å². The van der Waals surface area contributed by atoms with E-state index in [4.69, 9.17) is 21.1 Å². The number of methoxy groups -OCH3 is 1. The molecule has 1 fully saturated rings. The van der Waals surface area contributed by atoms with Crippen molar-refractivity contribution in [3.05, 3.63) is 58.4 Å². The minimum Gasteiger partial charge on any atom is -0.488 e. The Morgan fingerprint density at radius 1 is 1.21 bits per heavy atom. The van der Waals surface area contributed by atoms with E-state index in [0.29, 0.717) is 29.4 Å². The van der Waals surface area contributed by atoms with Crippen molar-refractivity contribution in [1.29, 1.82) is 0 Å². The smallest absolute Gasteiger partial charge is 0.354 e. The summed E-state index contributed by atoms with van der Waals surface area (Å²) >= 11 is 6.05. The highest BCUT2D eigenvalue weighted by molar-refractivity contribution is 6.30. The molecule has 2 aromatic rings. The highest BCUT2D eigenvalue weighted by Gasteiger charge is 2.28. The quantitative estimate of drug-likeness (QED) is 0.739. The van der Waals surface area contributed by atoms with E-state index in [0.717, 1.165) is 24.2 Å². The van der Waals surface area contributed by atoms with E-state index in [1.807, 2.05) is 33.9 Å². The zero-order chi connectivity index (χ0) is 19.7. The highest BCUT2D eigenvalue weighted by Crippen LogP contribution is 2.31. The van der Waals surface area contributed by atoms with Crippen LogP contribution in [0.4, 0.5) is 0 Å². The summed E-state index contributed by atoms with van der Waals surface area (Å²) < 4.78 is 12.5. The van der Waals surface area contributed by atoms with Gasteiger partial charge in [0.05, 0.1) is 12.7 Å². The van der Waals surface area contributed by atoms with Crippen molar-refractivity contribution in [3.63, 3.8) is 0 Å². The summed E-state index contributed by atoms with van der Waals surface area (Å²) in [4.78, 5) is 26.7. The fraction of sp³-hybridized carbons (Fsp3) is 0.333. The maximum absolute atomic E-state index is 12.9. The van der Waals surface area contributed by atoms with Crippen LogP contribution in [0.3, 0.4) is 0 Å². The van der Waals surface area contributed by atoms with Crippen LogP contribution < -0.4 is 4.74 Å². The number of fused-ring (bicyclic) bond motifs is 1. The van der Waals surface area contributed by atoms with E-state index in [2.05, 4.69) is 0 Å². The minimum absolute atomic E-state index is 0.00947. The number of carbonyl (C=O) groups excluding carboxylic acids is 2. The van der Waals surface area contributed by atoms with E-state index < -0.39 is 0 Å². The Morgan fingerprint density at radius 2 is 2.00 bits per heavy atom. The summed E-state index contributed by atoms with van der Waals surface area (Å²) in [7, 11) is 1.38. The molecule has 2 aliphatic rings. The first-order valence-corrected chi connectivity index (χ1v) is 9.62. The molecule has 6 nitrogen and oxygen atoms in total. The van der Waals surface area contributed by atoms with Crippen LogP contribution in [-0.4, -0.2) is 48.1 Å². The molecular formula is C21H21ClN2O4. The Kier molecular flexibility index (Phi) is 5.13. The monoisotopic (exact) mass is 400 g/mol. The molecule has 0 aliphatic carbocycles. The fourth-order valence-electron chi connectivity index (χ4n) is 3.81. The fourth-order valence-corrected chi connectivity index (χ4v) is 3.99. The molecule has 0 saturated carbocycles. The third-order valence-corrected chi connectivity index (χ3v) is 5.51. The number of hydrogen-bond donors (Lipinski definition) is 0. The van der Waals surface area contributed by atoms with Gasteiger partial charge in [0.15, 0.2) is 0 Å². The minimum atomic E-state index is -0.342. The summed E-state index contributed by atoms with van der Waals surface area (Å²) in [6, 6.07) is 9.17. The summed E-state index contributed by atoms with van der Waals surface area (Å²) in [6.45, 7) is 1.52. The van der Waals surface area contributed by atoms with Gasteiger partial charge in [-0.3, -0.25) is 4.79 Å². The SMILES string of the molecule is COC(=O)c1cccn1C1CCN(C(=O)C2=Cc3cc(Cl)ccc3OC2)CC1. The molecule has 7 heteroatoms. The lowest BCUT2D eigenvalue weighted by Crippen LogP contribution is -2.41. The number of esters is 1. The van der Waals surface area contributed by atoms with Gasteiger partial charge in [0, 0.05) is 35.9 Å². The Morgan fingerprint density at radius 3 is 2.75 bits per heavy atom. The average Bonchev–Trinajstić information content (AvgIpc) is 3.22. The molecule has 3 heterocycles. The third-order valence-electron chi connectivity index (χ3n) is 5.28. The molecule has 0 atom stereocenters. The Labute approximate surface area is 168 Å². The highest BCUT2D eigenvalue weighted by atomic mass is 35.5. The number of likely N-dealkylation sites (tertiary alicyclic amines) is 1. The lowest BCUT2D eigenvalue weighted by atomic mass is 10.0. The number of carbonyl (C=O) groups is 2. The lowest BCUT2D eigenvalue weighted by molar-refractivity contribution is -0.128. The lowest BCUT2D eigenvalue weighted by Gasteiger charge is -2.34. The number of nitrogens with zero attached hydrogens (tertiary/aromatic N) is 2. The van der Waals surface area contributed by atoms with Crippen LogP contribution in [-0.2, 0) is 9.53 Å². The summed E-state index contributed by atoms with van der Waals surface area (Å²) in [5.74, 6) is 0.387. The number of hydrogen-bond acceptors (Lipinski definition) is 4. The number of aromatic nitrogens is 1. The summed E-state index contributed by atoms with van der Waals surface area (Å²) in [6.07, 6.45) is 5.31. The Hall–Kier alpha value is -2.73. The van der Waals surface area contributed by atoms with Crippen molar-refractivity contribution in [2.24, 2.45) is 0 Å². The van der Waals surface area contributed by atoms with Crippen molar-refractivity contribution in [1.82, 2.24) is 9.47 Å². The van der Waals surface area contributed by atoms with E-state index in [1.165, 1.54) is 7.11 Å². The van der Waals surface area contributed by atoms with Crippen molar-refractivity contribution < 1.29 is 19.1 Å². The predicted octanol–water partition coefficient (Wildman–Crippen LogP) is 3.57. The third kappa shape index (κ3) is 3.52. The van der Waals surface area contributed by atoms with Gasteiger partial charge >= 0.3 is 5.97 Å². The number of ether oxygens (including phenoxy) is 2. The van der Waals surface area contributed by atoms with Crippen LogP contribution in [0.2, 0.25) is 5.02 Å². The van der Waals surface area contributed by atoms with Crippen molar-refractivity contribution in [3.8, 4) is 5.75 Å². The maximum Gasteiger partial charge on any atom is 0.354 e. The van der Waals surface area contributed by atoms with Crippen LogP contribution in [0.25, 0.3) is 6.08 Å². The van der Waals surface area contributed by atoms with Crippen molar-refractivity contribution >= 4 is 29.6 Å². The molecule has 1 saturated heterocycles. The number of amides is 1. The van der Waals surface area contributed by atoms with Gasteiger partial charge in [-0.2, -0.15) is 0 Å². The van der Waals surface area contributed by atoms with Gasteiger partial charge in [-0.25, -0.2) is 4.79 Å². The molecule has 28 heavy (non-hydrogen) atoms. The molecule has 1 amide bonds. The Balaban J connectivity index is 1.44. The van der Waals surface area contributed by atoms with Gasteiger partial charge in [0.2, 0.25) is 0 Å². The van der Waals surface area contributed by atoms with Gasteiger partial charge in [-0.15, -0.1) is 0 Å². The molecule has 0 N–H and O–H groups in total. The molecule has 1 aromatic carbocycles. The predicted molar refractivity (Wildman–Crippen MR) is 106 cm³/mol. The van der Waals surface area contributed by atoms with E-state index in [-0.39, 0.29) is 24.5 Å². The molecule has 0 unspecified atom stereocenters. The first-order valence-electron chi connectivity index (χ1n) is 9.24. The second-order valence-corrected chi connectivity index (χ2v) is 7.39. The molecule has 0 radical (unpaired) electrons. The van der Waals surface area contributed by atoms with Crippen molar-refractivity contribution in [2.45, 2.75) is 18.9 Å². The van der Waals surface area contributed by atoms with E-state index >= 15 is 0 Å². The second kappa shape index (κ2) is 7.72. The zero-order valence-corrected chi connectivity index (χ0v) is 16.3. The van der Waals surface area contributed by atoms with Gasteiger partial charge in [-0.05, 0) is 49.2 Å². The molecule has 0 spiro atoms. The van der Waals surface area contributed by atoms with Crippen LogP contribution in [0, 0.1) is 0 Å². The van der Waals surface area contributed by atoms with E-state index in [9.17, 15) is 9.59 Å². The molecule has 1 aromatic heterocycles. The van der Waals surface area contributed by atoms with Gasteiger partial charge in [0.1, 0.15) is 18.1 Å². The second-order valence-electron chi connectivity index (χ2n) is 6.96. The normalized spacial score (nSPS) is 16.8. The summed E-state index contributed by atoms with van der Waals surface area (Å²) in [5, 5.41) is 0.612. The number of benzene rings is 1. The van der Waals surface area contributed by atoms with Crippen LogP contribution in [0.15, 0.2) is 42.1 Å². The number of halogens is 1. The average molecular weight is 401 g/mol. The molecule has 0 bridgehead atoms. The summed E-state index contributed by atoms with van der Waals surface area (Å²) in [5.41, 5.74) is 2.00. The zero-order valence-electron chi connectivity index (χ0n) is 15.6. The van der Waals surface area contributed by atoms with Crippen LogP contribution in [0.1, 0.15) is 34.9 Å². The standard InChI is InChI=1S/C21H21ClN2O4/c1-27-21(26)18-3-2-8-24(18)17-6-9-23(10-7-17)20(25)15-11-14-12-16(22)4-5-19(14)28-13-15/h2-5,8,11-12,17H,6-7,9-10,13H2,1H3. The molecule has 146 valence electrons. The topological polar surface area (TPSA) is 60.8 Å². The number of piperidine rings is 1. The Bertz CT molecular complexity index is 942. The molecule has 4 rings (SSSR count). The van der Waals surface area contributed by atoms with E-state index in [1.54, 1.807) is 18.2 Å². The molecular weight excluding hydrogens is 380 g/mol. The molecule has 2 aliphatic heterocycles. The van der Waals surface area contributed by atoms with Crippen LogP contribution >= 0.6 is 11.6 Å².